The Labute approximate surface area is 126 Å². The molecule has 0 bridgehead atoms. The van der Waals surface area contributed by atoms with Crippen LogP contribution in [0.5, 0.6) is 0 Å². The molecule has 0 fully saturated rings. The van der Waals surface area contributed by atoms with E-state index in [1.807, 2.05) is 0 Å². The summed E-state index contributed by atoms with van der Waals surface area (Å²) in [6.45, 7) is 0. The Morgan fingerprint density at radius 3 is 2.13 bits per heavy atom. The van der Waals surface area contributed by atoms with Gasteiger partial charge in [0.25, 0.3) is 10.0 Å². The first-order valence-corrected chi connectivity index (χ1v) is 7.33. The van der Waals surface area contributed by atoms with Gasteiger partial charge in [-0.2, -0.15) is 26.3 Å². The molecule has 0 radical (unpaired) electrons. The predicted molar refractivity (Wildman–Crippen MR) is 68.0 cm³/mol. The van der Waals surface area contributed by atoms with E-state index in [0.717, 1.165) is 18.2 Å². The lowest BCUT2D eigenvalue weighted by Crippen LogP contribution is -2.13. The molecule has 23 heavy (non-hydrogen) atoms. The van der Waals surface area contributed by atoms with Crippen LogP contribution in [0.15, 0.2) is 41.4 Å². The fraction of sp³-hybridized carbons (Fsp3) is 0.167. The summed E-state index contributed by atoms with van der Waals surface area (Å²) in [5.74, 6) is 0. The number of aromatic amines is 1. The topological polar surface area (TPSA) is 62.0 Å². The maximum atomic E-state index is 12.6. The number of anilines is 1. The lowest BCUT2D eigenvalue weighted by atomic mass is 10.2. The number of halogens is 6. The van der Waals surface area contributed by atoms with Crippen molar-refractivity contribution < 1.29 is 34.8 Å². The standard InChI is InChI=1S/C12H8F6N2O2S/c13-11(14,15)7-2-1-3-8(4-7)20-23(21,22)9-5-10(19-6-9)12(16,17)18/h1-6,19-20H. The van der Waals surface area contributed by atoms with Crippen LogP contribution in [0.2, 0.25) is 0 Å². The molecule has 0 spiro atoms. The SMILES string of the molecule is O=S(=O)(Nc1cccc(C(F)(F)F)c1)c1c[nH]c(C(F)(F)F)c1. The zero-order valence-electron chi connectivity index (χ0n) is 11.0. The van der Waals surface area contributed by atoms with Gasteiger partial charge in [-0.15, -0.1) is 0 Å². The van der Waals surface area contributed by atoms with Gasteiger partial charge in [-0.25, -0.2) is 8.42 Å². The summed E-state index contributed by atoms with van der Waals surface area (Å²) < 4.78 is 101. The summed E-state index contributed by atoms with van der Waals surface area (Å²) in [4.78, 5) is 1.00. The van der Waals surface area contributed by atoms with Crippen molar-refractivity contribution in [2.45, 2.75) is 17.2 Å². The number of H-pyrrole nitrogens is 1. The van der Waals surface area contributed by atoms with Gasteiger partial charge in [0.15, 0.2) is 0 Å². The normalized spacial score (nSPS) is 13.1. The van der Waals surface area contributed by atoms with Gasteiger partial charge < -0.3 is 4.98 Å². The first-order valence-electron chi connectivity index (χ1n) is 5.85. The van der Waals surface area contributed by atoms with Gasteiger partial charge in [-0.1, -0.05) is 6.07 Å². The summed E-state index contributed by atoms with van der Waals surface area (Å²) in [6.07, 6.45) is -8.86. The van der Waals surface area contributed by atoms with Crippen LogP contribution >= 0.6 is 0 Å². The number of nitrogens with one attached hydrogen (secondary N) is 2. The summed E-state index contributed by atoms with van der Waals surface area (Å²) >= 11 is 0. The highest BCUT2D eigenvalue weighted by atomic mass is 32.2. The molecule has 1 aromatic carbocycles. The fourth-order valence-electron chi connectivity index (χ4n) is 1.67. The Kier molecular flexibility index (Phi) is 4.09. The third-order valence-electron chi connectivity index (χ3n) is 2.71. The van der Waals surface area contributed by atoms with Crippen LogP contribution in [0, 0.1) is 0 Å². The second kappa shape index (κ2) is 5.48. The molecule has 2 N–H and O–H groups in total. The van der Waals surface area contributed by atoms with Crippen LogP contribution in [0.25, 0.3) is 0 Å². The lowest BCUT2D eigenvalue weighted by molar-refractivity contribution is -0.141. The molecule has 0 atom stereocenters. The third kappa shape index (κ3) is 3.97. The second-order valence-electron chi connectivity index (χ2n) is 4.43. The van der Waals surface area contributed by atoms with E-state index in [1.165, 1.54) is 0 Å². The van der Waals surface area contributed by atoms with Gasteiger partial charge in [0.05, 0.1) is 5.56 Å². The second-order valence-corrected chi connectivity index (χ2v) is 6.11. The van der Waals surface area contributed by atoms with Gasteiger partial charge in [0, 0.05) is 11.9 Å². The molecule has 4 nitrogen and oxygen atoms in total. The molecule has 0 saturated carbocycles. The zero-order chi connectivity index (χ0) is 17.5. The number of sulfonamides is 1. The van der Waals surface area contributed by atoms with Crippen LogP contribution in [0.4, 0.5) is 32.0 Å². The molecule has 0 amide bonds. The van der Waals surface area contributed by atoms with E-state index in [-0.39, 0.29) is 0 Å². The molecule has 1 heterocycles. The molecule has 0 unspecified atom stereocenters. The summed E-state index contributed by atoms with van der Waals surface area (Å²) in [5.41, 5.74) is -2.81. The van der Waals surface area contributed by atoms with Crippen molar-refractivity contribution in [2.24, 2.45) is 0 Å². The minimum absolute atomic E-state index is 0.343. The van der Waals surface area contributed by atoms with Crippen molar-refractivity contribution in [3.8, 4) is 0 Å². The summed E-state index contributed by atoms with van der Waals surface area (Å²) in [5, 5.41) is 0. The van der Waals surface area contributed by atoms with E-state index < -0.39 is 44.2 Å². The van der Waals surface area contributed by atoms with Crippen molar-refractivity contribution >= 4 is 15.7 Å². The van der Waals surface area contributed by atoms with Crippen molar-refractivity contribution in [1.82, 2.24) is 4.98 Å². The van der Waals surface area contributed by atoms with Crippen LogP contribution < -0.4 is 4.72 Å². The third-order valence-corrected chi connectivity index (χ3v) is 4.08. The molecule has 0 aliphatic heterocycles. The number of alkyl halides is 6. The Hall–Kier alpha value is -2.17. The molecular weight excluding hydrogens is 350 g/mol. The average Bonchev–Trinajstić information content (AvgIpc) is 2.87. The molecule has 2 aromatic rings. The van der Waals surface area contributed by atoms with Crippen molar-refractivity contribution in [3.63, 3.8) is 0 Å². The maximum absolute atomic E-state index is 12.6. The number of aromatic nitrogens is 1. The largest absolute Gasteiger partial charge is 0.431 e. The van der Waals surface area contributed by atoms with Crippen LogP contribution in [-0.4, -0.2) is 13.4 Å². The predicted octanol–water partition coefficient (Wildman–Crippen LogP) is 3.85. The zero-order valence-corrected chi connectivity index (χ0v) is 11.8. The average molecular weight is 358 g/mol. The first-order chi connectivity index (χ1) is 10.4. The van der Waals surface area contributed by atoms with Crippen LogP contribution in [0.3, 0.4) is 0 Å². The van der Waals surface area contributed by atoms with Crippen molar-refractivity contribution in [1.29, 1.82) is 0 Å². The van der Waals surface area contributed by atoms with Crippen LogP contribution in [-0.2, 0) is 22.4 Å². The van der Waals surface area contributed by atoms with E-state index in [2.05, 4.69) is 0 Å². The number of benzene rings is 1. The molecule has 126 valence electrons. The monoisotopic (exact) mass is 358 g/mol. The molecule has 11 heteroatoms. The number of rotatable bonds is 3. The Bertz CT molecular complexity index is 807. The Balaban J connectivity index is 2.30. The van der Waals surface area contributed by atoms with Gasteiger partial charge in [0.1, 0.15) is 10.6 Å². The van der Waals surface area contributed by atoms with E-state index in [1.54, 1.807) is 9.71 Å². The van der Waals surface area contributed by atoms with E-state index in [9.17, 15) is 34.8 Å². The smallest absolute Gasteiger partial charge is 0.356 e. The number of hydrogen-bond donors (Lipinski definition) is 2. The van der Waals surface area contributed by atoms with Gasteiger partial charge in [0.2, 0.25) is 0 Å². The van der Waals surface area contributed by atoms with Crippen LogP contribution in [0.1, 0.15) is 11.3 Å². The molecule has 1 aromatic heterocycles. The molecule has 0 saturated heterocycles. The minimum Gasteiger partial charge on any atom is -0.356 e. The first kappa shape index (κ1) is 17.2. The quantitative estimate of drug-likeness (QED) is 0.819. The molecule has 2 rings (SSSR count). The molecule has 0 aliphatic rings. The van der Waals surface area contributed by atoms with Gasteiger partial charge in [-0.05, 0) is 24.3 Å². The van der Waals surface area contributed by atoms with Gasteiger partial charge >= 0.3 is 12.4 Å². The molecule has 0 aliphatic carbocycles. The maximum Gasteiger partial charge on any atom is 0.431 e. The summed E-state index contributed by atoms with van der Waals surface area (Å²) in [6, 6.07) is 3.63. The van der Waals surface area contributed by atoms with Crippen molar-refractivity contribution in [3.05, 3.63) is 47.8 Å². The highest BCUT2D eigenvalue weighted by molar-refractivity contribution is 7.92. The highest BCUT2D eigenvalue weighted by Gasteiger charge is 2.34. The van der Waals surface area contributed by atoms with Gasteiger partial charge in [-0.3, -0.25) is 4.72 Å². The Morgan fingerprint density at radius 1 is 0.957 bits per heavy atom. The Morgan fingerprint density at radius 2 is 1.61 bits per heavy atom. The van der Waals surface area contributed by atoms with Crippen molar-refractivity contribution in [2.75, 3.05) is 4.72 Å². The summed E-state index contributed by atoms with van der Waals surface area (Å²) in [7, 11) is -4.46. The van der Waals surface area contributed by atoms with E-state index >= 15 is 0 Å². The molecular formula is C12H8F6N2O2S. The minimum atomic E-state index is -4.77. The highest BCUT2D eigenvalue weighted by Crippen LogP contribution is 2.32. The lowest BCUT2D eigenvalue weighted by Gasteiger charge is -2.10. The van der Waals surface area contributed by atoms with E-state index in [4.69, 9.17) is 0 Å². The van der Waals surface area contributed by atoms with E-state index in [0.29, 0.717) is 18.3 Å². The fourth-order valence-corrected chi connectivity index (χ4v) is 2.71. The number of hydrogen-bond acceptors (Lipinski definition) is 2.